The molecule has 0 radical (unpaired) electrons. The van der Waals surface area contributed by atoms with Gasteiger partial charge >= 0.3 is 0 Å². The van der Waals surface area contributed by atoms with Gasteiger partial charge in [0.15, 0.2) is 11.5 Å². The molecule has 2 aliphatic heterocycles. The molecule has 1 aromatic heterocycles. The second kappa shape index (κ2) is 6.27. The fraction of sp³-hybridized carbons (Fsp3) is 0.526. The van der Waals surface area contributed by atoms with E-state index in [1.807, 2.05) is 12.3 Å². The summed E-state index contributed by atoms with van der Waals surface area (Å²) >= 11 is 1.75. The second-order valence-corrected chi connectivity index (χ2v) is 8.29. The van der Waals surface area contributed by atoms with E-state index in [9.17, 15) is 0 Å². The first-order chi connectivity index (χ1) is 12.3. The topological polar surface area (TPSA) is 46.6 Å². The lowest BCUT2D eigenvalue weighted by Crippen LogP contribution is -2.35. The molecule has 0 unspecified atom stereocenters. The maximum Gasteiger partial charge on any atom is 0.231 e. The van der Waals surface area contributed by atoms with Crippen molar-refractivity contribution in [2.24, 2.45) is 5.41 Å². The minimum atomic E-state index is 0.331. The Hall–Kier alpha value is -1.63. The molecule has 1 spiro atoms. The van der Waals surface area contributed by atoms with Crippen LogP contribution in [0.2, 0.25) is 0 Å². The van der Waals surface area contributed by atoms with Gasteiger partial charge in [-0.15, -0.1) is 11.3 Å². The number of para-hydroxylation sites is 1. The molecule has 1 aliphatic carbocycles. The molecule has 1 N–H and O–H groups in total. The summed E-state index contributed by atoms with van der Waals surface area (Å²) in [6, 6.07) is 6.87. The molecule has 0 amide bonds. The molecule has 1 saturated heterocycles. The number of ether oxygens (including phenoxy) is 2. The average molecular weight is 357 g/mol. The number of nitrogens with zero attached hydrogens (tertiary/aromatic N) is 2. The third kappa shape index (κ3) is 2.92. The average Bonchev–Trinajstić information content (AvgIpc) is 3.03. The Bertz CT molecular complexity index is 743. The molecule has 1 atom stereocenters. The maximum absolute atomic E-state index is 5.73. The monoisotopic (exact) mass is 357 g/mol. The second-order valence-electron chi connectivity index (χ2n) is 7.31. The van der Waals surface area contributed by atoms with Crippen molar-refractivity contribution < 1.29 is 9.47 Å². The van der Waals surface area contributed by atoms with Gasteiger partial charge in [0, 0.05) is 29.7 Å². The zero-order chi connectivity index (χ0) is 16.7. The van der Waals surface area contributed by atoms with Crippen LogP contribution in [0.3, 0.4) is 0 Å². The summed E-state index contributed by atoms with van der Waals surface area (Å²) in [7, 11) is 0. The molecule has 1 aromatic carbocycles. The number of piperidine rings is 1. The van der Waals surface area contributed by atoms with Crippen molar-refractivity contribution >= 4 is 11.3 Å². The van der Waals surface area contributed by atoms with E-state index in [1.54, 1.807) is 11.3 Å². The highest BCUT2D eigenvalue weighted by atomic mass is 32.1. The van der Waals surface area contributed by atoms with Crippen LogP contribution in [-0.4, -0.2) is 35.8 Å². The van der Waals surface area contributed by atoms with Crippen molar-refractivity contribution in [2.45, 2.75) is 38.4 Å². The standard InChI is InChI=1S/C19H23N3O2S/c1-2-14(18-15(3-1)23-13-24-18)11-22(12-17-21-8-9-25-17)16-10-19(16)4-6-20-7-5-19/h1-3,8-9,16,20H,4-7,10-13H2/t16-/m1/s1. The molecule has 0 bridgehead atoms. The van der Waals surface area contributed by atoms with E-state index < -0.39 is 0 Å². The number of benzene rings is 1. The summed E-state index contributed by atoms with van der Waals surface area (Å²) < 4.78 is 11.3. The highest BCUT2D eigenvalue weighted by Crippen LogP contribution is 2.56. The number of aromatic nitrogens is 1. The summed E-state index contributed by atoms with van der Waals surface area (Å²) in [6.07, 6.45) is 5.80. The van der Waals surface area contributed by atoms with Gasteiger partial charge in [-0.3, -0.25) is 4.90 Å². The molecular formula is C19H23N3O2S. The Morgan fingerprint density at radius 1 is 1.24 bits per heavy atom. The van der Waals surface area contributed by atoms with Crippen LogP contribution < -0.4 is 14.8 Å². The number of thiazole rings is 1. The smallest absolute Gasteiger partial charge is 0.231 e. The zero-order valence-electron chi connectivity index (χ0n) is 14.2. The summed E-state index contributed by atoms with van der Waals surface area (Å²) in [5, 5.41) is 6.77. The normalized spacial score (nSPS) is 23.3. The van der Waals surface area contributed by atoms with Gasteiger partial charge in [0.05, 0.1) is 6.54 Å². The molecule has 2 aromatic rings. The van der Waals surface area contributed by atoms with Crippen LogP contribution in [-0.2, 0) is 13.1 Å². The van der Waals surface area contributed by atoms with Crippen LogP contribution in [0.25, 0.3) is 0 Å². The van der Waals surface area contributed by atoms with E-state index in [1.165, 1.54) is 29.8 Å². The fourth-order valence-corrected chi connectivity index (χ4v) is 5.06. The predicted molar refractivity (Wildman–Crippen MR) is 96.9 cm³/mol. The predicted octanol–water partition coefficient (Wildman–Crippen LogP) is 3.02. The van der Waals surface area contributed by atoms with Crippen molar-refractivity contribution in [1.82, 2.24) is 15.2 Å². The minimum absolute atomic E-state index is 0.331. The molecule has 132 valence electrons. The SMILES string of the molecule is c1cc(CN(Cc2nccs2)[C@@H]2CC23CCNCC3)c2c(c1)OCO2. The van der Waals surface area contributed by atoms with Crippen LogP contribution in [0, 0.1) is 5.41 Å². The summed E-state index contributed by atoms with van der Waals surface area (Å²) in [5.41, 5.74) is 1.74. The molecule has 3 aliphatic rings. The number of hydrogen-bond acceptors (Lipinski definition) is 6. The van der Waals surface area contributed by atoms with Gasteiger partial charge in [0.25, 0.3) is 0 Å². The van der Waals surface area contributed by atoms with E-state index in [4.69, 9.17) is 9.47 Å². The Morgan fingerprint density at radius 3 is 3.00 bits per heavy atom. The van der Waals surface area contributed by atoms with Crippen LogP contribution in [0.5, 0.6) is 11.5 Å². The van der Waals surface area contributed by atoms with Crippen molar-refractivity contribution in [3.8, 4) is 11.5 Å². The molecule has 6 heteroatoms. The van der Waals surface area contributed by atoms with Crippen molar-refractivity contribution in [3.63, 3.8) is 0 Å². The third-order valence-electron chi connectivity index (χ3n) is 5.86. The van der Waals surface area contributed by atoms with Crippen LogP contribution >= 0.6 is 11.3 Å². The van der Waals surface area contributed by atoms with Gasteiger partial charge in [-0.1, -0.05) is 12.1 Å². The Morgan fingerprint density at radius 2 is 2.16 bits per heavy atom. The van der Waals surface area contributed by atoms with Crippen LogP contribution in [0.15, 0.2) is 29.8 Å². The van der Waals surface area contributed by atoms with E-state index in [2.05, 4.69) is 32.7 Å². The molecule has 2 fully saturated rings. The van der Waals surface area contributed by atoms with E-state index in [0.717, 1.165) is 37.7 Å². The summed E-state index contributed by atoms with van der Waals surface area (Å²) in [5.74, 6) is 1.80. The largest absolute Gasteiger partial charge is 0.454 e. The van der Waals surface area contributed by atoms with Crippen molar-refractivity contribution in [2.75, 3.05) is 19.9 Å². The molecule has 3 heterocycles. The lowest BCUT2D eigenvalue weighted by molar-refractivity contribution is 0.167. The van der Waals surface area contributed by atoms with Crippen molar-refractivity contribution in [3.05, 3.63) is 40.3 Å². The molecular weight excluding hydrogens is 334 g/mol. The van der Waals surface area contributed by atoms with E-state index in [-0.39, 0.29) is 0 Å². The number of hydrogen-bond donors (Lipinski definition) is 1. The Kier molecular flexibility index (Phi) is 3.91. The summed E-state index contributed by atoms with van der Waals surface area (Å²) in [4.78, 5) is 7.13. The first-order valence-corrected chi connectivity index (χ1v) is 9.93. The van der Waals surface area contributed by atoms with Crippen molar-refractivity contribution in [1.29, 1.82) is 0 Å². The van der Waals surface area contributed by atoms with Gasteiger partial charge in [0.2, 0.25) is 6.79 Å². The quantitative estimate of drug-likeness (QED) is 0.891. The Balaban J connectivity index is 1.40. The molecule has 1 saturated carbocycles. The highest BCUT2D eigenvalue weighted by molar-refractivity contribution is 7.09. The molecule has 25 heavy (non-hydrogen) atoms. The van der Waals surface area contributed by atoms with Crippen LogP contribution in [0.1, 0.15) is 29.8 Å². The zero-order valence-corrected chi connectivity index (χ0v) is 15.1. The van der Waals surface area contributed by atoms with Gasteiger partial charge in [-0.05, 0) is 43.8 Å². The minimum Gasteiger partial charge on any atom is -0.454 e. The highest BCUT2D eigenvalue weighted by Gasteiger charge is 2.56. The van der Waals surface area contributed by atoms with Gasteiger partial charge in [-0.2, -0.15) is 0 Å². The first-order valence-electron chi connectivity index (χ1n) is 9.05. The maximum atomic E-state index is 5.73. The van der Waals surface area contributed by atoms with Gasteiger partial charge < -0.3 is 14.8 Å². The van der Waals surface area contributed by atoms with E-state index >= 15 is 0 Å². The number of nitrogens with one attached hydrogen (secondary N) is 1. The molecule has 5 nitrogen and oxygen atoms in total. The number of fused-ring (bicyclic) bond motifs is 1. The summed E-state index contributed by atoms with van der Waals surface area (Å²) in [6.45, 7) is 4.45. The first kappa shape index (κ1) is 15.6. The Labute approximate surface area is 152 Å². The fourth-order valence-electron chi connectivity index (χ4n) is 4.42. The van der Waals surface area contributed by atoms with Gasteiger partial charge in [-0.25, -0.2) is 4.98 Å². The lowest BCUT2D eigenvalue weighted by Gasteiger charge is -2.29. The lowest BCUT2D eigenvalue weighted by atomic mass is 9.93. The molecule has 5 rings (SSSR count). The van der Waals surface area contributed by atoms with E-state index in [0.29, 0.717) is 18.2 Å². The number of rotatable bonds is 5. The van der Waals surface area contributed by atoms with Crippen LogP contribution in [0.4, 0.5) is 0 Å². The third-order valence-corrected chi connectivity index (χ3v) is 6.62. The van der Waals surface area contributed by atoms with Gasteiger partial charge in [0.1, 0.15) is 5.01 Å².